The third kappa shape index (κ3) is 3.84. The molecule has 0 unspecified atom stereocenters. The summed E-state index contributed by atoms with van der Waals surface area (Å²) in [5.41, 5.74) is 1.04. The predicted octanol–water partition coefficient (Wildman–Crippen LogP) is 1.66. The van der Waals surface area contributed by atoms with Gasteiger partial charge in [0, 0.05) is 13.1 Å². The molecule has 1 saturated heterocycles. The molecule has 1 aromatic carbocycles. The van der Waals surface area contributed by atoms with Crippen LogP contribution in [0.4, 0.5) is 4.79 Å². The normalized spacial score (nSPS) is 16.8. The van der Waals surface area contributed by atoms with Crippen LogP contribution in [0.25, 0.3) is 0 Å². The van der Waals surface area contributed by atoms with Gasteiger partial charge in [-0.05, 0) is 18.4 Å². The van der Waals surface area contributed by atoms with Crippen molar-refractivity contribution in [1.82, 2.24) is 10.2 Å². The van der Waals surface area contributed by atoms with Gasteiger partial charge < -0.3 is 10.1 Å². The van der Waals surface area contributed by atoms with Crippen molar-refractivity contribution in [3.8, 4) is 0 Å². The van der Waals surface area contributed by atoms with Gasteiger partial charge in [-0.2, -0.15) is 0 Å². The summed E-state index contributed by atoms with van der Waals surface area (Å²) in [5, 5.41) is 2.54. The first-order valence-corrected chi connectivity index (χ1v) is 7.32. The van der Waals surface area contributed by atoms with Gasteiger partial charge in [-0.25, -0.2) is 4.79 Å². The summed E-state index contributed by atoms with van der Waals surface area (Å²) >= 11 is 0. The number of imide groups is 1. The Morgan fingerprint density at radius 1 is 1.27 bits per heavy atom. The second-order valence-corrected chi connectivity index (χ2v) is 5.37. The highest BCUT2D eigenvalue weighted by Crippen LogP contribution is 2.19. The van der Waals surface area contributed by atoms with E-state index in [-0.39, 0.29) is 12.3 Å². The van der Waals surface area contributed by atoms with E-state index in [4.69, 9.17) is 4.74 Å². The molecule has 0 saturated carbocycles. The molecule has 0 bridgehead atoms. The number of amides is 3. The molecule has 0 radical (unpaired) electrons. The minimum absolute atomic E-state index is 0.00564. The minimum atomic E-state index is -0.959. The Morgan fingerprint density at radius 3 is 2.55 bits per heavy atom. The van der Waals surface area contributed by atoms with Crippen LogP contribution in [-0.2, 0) is 14.3 Å². The van der Waals surface area contributed by atoms with Crippen molar-refractivity contribution in [2.75, 3.05) is 13.1 Å². The SMILES string of the molecule is C[C@H](OC(=O)C[C@H](C)c1ccccc1)C(=O)N1CCNC1=O. The fourth-order valence-electron chi connectivity index (χ4n) is 2.35. The topological polar surface area (TPSA) is 75.7 Å². The molecule has 1 aliphatic heterocycles. The molecule has 1 fully saturated rings. The molecule has 6 heteroatoms. The van der Waals surface area contributed by atoms with E-state index in [9.17, 15) is 14.4 Å². The summed E-state index contributed by atoms with van der Waals surface area (Å²) in [7, 11) is 0. The molecular formula is C16H20N2O4. The van der Waals surface area contributed by atoms with E-state index in [0.717, 1.165) is 10.5 Å². The summed E-state index contributed by atoms with van der Waals surface area (Å²) in [4.78, 5) is 36.5. The third-order valence-corrected chi connectivity index (χ3v) is 3.62. The molecule has 1 aromatic rings. The molecule has 1 aliphatic rings. The van der Waals surface area contributed by atoms with Crippen molar-refractivity contribution < 1.29 is 19.1 Å². The van der Waals surface area contributed by atoms with E-state index < -0.39 is 24.0 Å². The van der Waals surface area contributed by atoms with Crippen LogP contribution in [0, 0.1) is 0 Å². The molecular weight excluding hydrogens is 284 g/mol. The second-order valence-electron chi connectivity index (χ2n) is 5.37. The van der Waals surface area contributed by atoms with Crippen LogP contribution in [0.2, 0.25) is 0 Å². The molecule has 22 heavy (non-hydrogen) atoms. The number of hydrogen-bond donors (Lipinski definition) is 1. The maximum atomic E-state index is 12.0. The summed E-state index contributed by atoms with van der Waals surface area (Å²) in [6.07, 6.45) is -0.771. The standard InChI is InChI=1S/C16H20N2O4/c1-11(13-6-4-3-5-7-13)10-14(19)22-12(2)15(20)18-9-8-17-16(18)21/h3-7,11-12H,8-10H2,1-2H3,(H,17,21)/t11-,12-/m0/s1. The van der Waals surface area contributed by atoms with E-state index in [1.54, 1.807) is 0 Å². The molecule has 2 rings (SSSR count). The van der Waals surface area contributed by atoms with Crippen LogP contribution in [0.15, 0.2) is 30.3 Å². The number of ether oxygens (including phenoxy) is 1. The molecule has 1 heterocycles. The maximum absolute atomic E-state index is 12.0. The van der Waals surface area contributed by atoms with Gasteiger partial charge in [0.05, 0.1) is 6.42 Å². The summed E-state index contributed by atoms with van der Waals surface area (Å²) < 4.78 is 5.15. The lowest BCUT2D eigenvalue weighted by molar-refractivity contribution is -0.157. The van der Waals surface area contributed by atoms with Gasteiger partial charge in [0.25, 0.3) is 5.91 Å². The third-order valence-electron chi connectivity index (χ3n) is 3.62. The summed E-state index contributed by atoms with van der Waals surface area (Å²) in [6, 6.07) is 9.19. The highest BCUT2D eigenvalue weighted by atomic mass is 16.5. The maximum Gasteiger partial charge on any atom is 0.324 e. The number of nitrogens with zero attached hydrogens (tertiary/aromatic N) is 1. The zero-order chi connectivity index (χ0) is 16.1. The van der Waals surface area contributed by atoms with Gasteiger partial charge in [0.1, 0.15) is 0 Å². The number of esters is 1. The first-order chi connectivity index (χ1) is 10.5. The number of benzene rings is 1. The van der Waals surface area contributed by atoms with Crippen molar-refractivity contribution in [2.24, 2.45) is 0 Å². The number of rotatable bonds is 5. The van der Waals surface area contributed by atoms with E-state index in [0.29, 0.717) is 13.1 Å². The van der Waals surface area contributed by atoms with Gasteiger partial charge >= 0.3 is 12.0 Å². The van der Waals surface area contributed by atoms with E-state index in [2.05, 4.69) is 5.32 Å². The Bertz CT molecular complexity index is 559. The smallest absolute Gasteiger partial charge is 0.324 e. The Morgan fingerprint density at radius 2 is 1.95 bits per heavy atom. The number of nitrogens with one attached hydrogen (secondary N) is 1. The fourth-order valence-corrected chi connectivity index (χ4v) is 2.35. The quantitative estimate of drug-likeness (QED) is 0.840. The van der Waals surface area contributed by atoms with Gasteiger partial charge in [0.15, 0.2) is 6.10 Å². The first-order valence-electron chi connectivity index (χ1n) is 7.32. The molecule has 0 aliphatic carbocycles. The van der Waals surface area contributed by atoms with Crippen LogP contribution in [0.1, 0.15) is 31.7 Å². The molecule has 3 amide bonds. The van der Waals surface area contributed by atoms with Gasteiger partial charge in [-0.15, -0.1) is 0 Å². The Balaban J connectivity index is 1.86. The summed E-state index contributed by atoms with van der Waals surface area (Å²) in [5.74, 6) is -0.932. The number of hydrogen-bond acceptors (Lipinski definition) is 4. The van der Waals surface area contributed by atoms with Gasteiger partial charge in [0.2, 0.25) is 0 Å². The van der Waals surface area contributed by atoms with Crippen LogP contribution < -0.4 is 5.32 Å². The van der Waals surface area contributed by atoms with E-state index in [1.807, 2.05) is 37.3 Å². The lowest BCUT2D eigenvalue weighted by Crippen LogP contribution is -2.41. The highest BCUT2D eigenvalue weighted by Gasteiger charge is 2.31. The monoisotopic (exact) mass is 304 g/mol. The van der Waals surface area contributed by atoms with E-state index >= 15 is 0 Å². The van der Waals surface area contributed by atoms with Crippen LogP contribution in [0.3, 0.4) is 0 Å². The molecule has 0 spiro atoms. The Kier molecular flexibility index (Phi) is 5.14. The predicted molar refractivity (Wildman–Crippen MR) is 80.1 cm³/mol. The zero-order valence-corrected chi connectivity index (χ0v) is 12.7. The van der Waals surface area contributed by atoms with Crippen molar-refractivity contribution >= 4 is 17.9 Å². The van der Waals surface area contributed by atoms with Crippen molar-refractivity contribution in [2.45, 2.75) is 32.3 Å². The second kappa shape index (κ2) is 7.06. The molecule has 118 valence electrons. The number of carbonyl (C=O) groups excluding carboxylic acids is 3. The van der Waals surface area contributed by atoms with Crippen molar-refractivity contribution in [3.05, 3.63) is 35.9 Å². The summed E-state index contributed by atoms with van der Waals surface area (Å²) in [6.45, 7) is 4.15. The molecule has 6 nitrogen and oxygen atoms in total. The molecule has 0 aromatic heterocycles. The average Bonchev–Trinajstić information content (AvgIpc) is 2.93. The fraction of sp³-hybridized carbons (Fsp3) is 0.438. The van der Waals surface area contributed by atoms with Gasteiger partial charge in [-0.1, -0.05) is 37.3 Å². The van der Waals surface area contributed by atoms with Crippen LogP contribution in [0.5, 0.6) is 0 Å². The lowest BCUT2D eigenvalue weighted by atomic mass is 9.98. The van der Waals surface area contributed by atoms with Crippen molar-refractivity contribution in [1.29, 1.82) is 0 Å². The Hall–Kier alpha value is -2.37. The lowest BCUT2D eigenvalue weighted by Gasteiger charge is -2.19. The van der Waals surface area contributed by atoms with Crippen LogP contribution in [-0.4, -0.2) is 42.0 Å². The average molecular weight is 304 g/mol. The molecule has 1 N–H and O–H groups in total. The van der Waals surface area contributed by atoms with Gasteiger partial charge in [-0.3, -0.25) is 14.5 Å². The first kappa shape index (κ1) is 16.0. The number of carbonyl (C=O) groups is 3. The van der Waals surface area contributed by atoms with Crippen LogP contribution >= 0.6 is 0 Å². The zero-order valence-electron chi connectivity index (χ0n) is 12.7. The minimum Gasteiger partial charge on any atom is -0.453 e. The van der Waals surface area contributed by atoms with E-state index in [1.165, 1.54) is 6.92 Å². The highest BCUT2D eigenvalue weighted by molar-refractivity contribution is 5.98. The Labute approximate surface area is 129 Å². The van der Waals surface area contributed by atoms with Crippen molar-refractivity contribution in [3.63, 3.8) is 0 Å². The largest absolute Gasteiger partial charge is 0.453 e. The number of urea groups is 1. The molecule has 2 atom stereocenters.